The molecule has 164 valence electrons. The summed E-state index contributed by atoms with van der Waals surface area (Å²) < 4.78 is 10.7. The summed E-state index contributed by atoms with van der Waals surface area (Å²) in [6.07, 6.45) is 0.842. The summed E-state index contributed by atoms with van der Waals surface area (Å²) in [5, 5.41) is 3.71. The zero-order chi connectivity index (χ0) is 21.8. The van der Waals surface area contributed by atoms with E-state index in [-0.39, 0.29) is 25.0 Å². The van der Waals surface area contributed by atoms with Crippen LogP contribution in [0.4, 0.5) is 0 Å². The maximum Gasteiger partial charge on any atom is 0.332 e. The Hall–Kier alpha value is -2.41. The molecule has 1 heterocycles. The fraction of sp³-hybridized carbons (Fsp3) is 0.417. The Bertz CT molecular complexity index is 957. The molecule has 1 saturated heterocycles. The van der Waals surface area contributed by atoms with E-state index in [2.05, 4.69) is 11.4 Å². The van der Waals surface area contributed by atoms with Crippen LogP contribution in [-0.2, 0) is 31.9 Å². The quantitative estimate of drug-likeness (QED) is 0.697. The molecule has 7 heteroatoms. The zero-order valence-corrected chi connectivity index (χ0v) is 18.4. The summed E-state index contributed by atoms with van der Waals surface area (Å²) >= 11 is 6.01. The fourth-order valence-electron chi connectivity index (χ4n) is 4.32. The number of rotatable bonds is 6. The van der Waals surface area contributed by atoms with Gasteiger partial charge in [0, 0.05) is 31.0 Å². The molecule has 1 aliphatic carbocycles. The van der Waals surface area contributed by atoms with E-state index in [4.69, 9.17) is 21.1 Å². The molecule has 0 aromatic heterocycles. The van der Waals surface area contributed by atoms with Crippen LogP contribution in [0.25, 0.3) is 11.1 Å². The molecule has 1 unspecified atom stereocenters. The predicted molar refractivity (Wildman–Crippen MR) is 119 cm³/mol. The molecule has 1 fully saturated rings. The standard InChI is InChI=1S/C24H27ClN2O4/c1-2-31-23(29)24(26-22(28)16-27-9-11-30-12-10-27)14-19-4-3-18(13-20(19)15-24)17-5-7-21(25)8-6-17/h3-8,13H,2,9-12,14-16H2,1H3,(H,26,28). The number of carbonyl (C=O) groups is 2. The number of halogens is 1. The lowest BCUT2D eigenvalue weighted by molar-refractivity contribution is -0.153. The highest BCUT2D eigenvalue weighted by atomic mass is 35.5. The van der Waals surface area contributed by atoms with E-state index in [1.54, 1.807) is 6.92 Å². The van der Waals surface area contributed by atoms with Crippen LogP contribution in [0.15, 0.2) is 42.5 Å². The second kappa shape index (κ2) is 9.39. The van der Waals surface area contributed by atoms with E-state index >= 15 is 0 Å². The number of esters is 1. The number of amides is 1. The number of carbonyl (C=O) groups excluding carboxylic acids is 2. The number of benzene rings is 2. The average Bonchev–Trinajstić information content (AvgIpc) is 3.13. The molecule has 31 heavy (non-hydrogen) atoms. The second-order valence-corrected chi connectivity index (χ2v) is 8.52. The number of ether oxygens (including phenoxy) is 2. The molecule has 1 atom stereocenters. The highest BCUT2D eigenvalue weighted by molar-refractivity contribution is 6.30. The third-order valence-electron chi connectivity index (χ3n) is 5.88. The van der Waals surface area contributed by atoms with E-state index in [0.717, 1.165) is 22.3 Å². The predicted octanol–water partition coefficient (Wildman–Crippen LogP) is 2.86. The Labute approximate surface area is 187 Å². The minimum atomic E-state index is -1.07. The van der Waals surface area contributed by atoms with Crippen molar-refractivity contribution in [3.63, 3.8) is 0 Å². The SMILES string of the molecule is CCOC(=O)C1(NC(=O)CN2CCOCC2)Cc2ccc(-c3ccc(Cl)cc3)cc2C1. The summed E-state index contributed by atoms with van der Waals surface area (Å²) in [5.74, 6) is -0.546. The van der Waals surface area contributed by atoms with Crippen LogP contribution in [0.3, 0.4) is 0 Å². The van der Waals surface area contributed by atoms with Crippen molar-refractivity contribution in [2.45, 2.75) is 25.3 Å². The Kier molecular flexibility index (Phi) is 6.60. The van der Waals surface area contributed by atoms with Crippen LogP contribution in [0.5, 0.6) is 0 Å². The van der Waals surface area contributed by atoms with Gasteiger partial charge in [0.1, 0.15) is 5.54 Å². The normalized spacial score (nSPS) is 20.8. The summed E-state index contributed by atoms with van der Waals surface area (Å²) in [5.41, 5.74) is 3.14. The Morgan fingerprint density at radius 1 is 1.06 bits per heavy atom. The van der Waals surface area contributed by atoms with Crippen LogP contribution < -0.4 is 5.32 Å². The van der Waals surface area contributed by atoms with Crippen molar-refractivity contribution in [1.82, 2.24) is 10.2 Å². The van der Waals surface area contributed by atoms with Crippen LogP contribution in [0.1, 0.15) is 18.1 Å². The van der Waals surface area contributed by atoms with E-state index in [0.29, 0.717) is 44.2 Å². The van der Waals surface area contributed by atoms with Crippen LogP contribution >= 0.6 is 11.6 Å². The summed E-state index contributed by atoms with van der Waals surface area (Å²) in [6, 6.07) is 13.8. The second-order valence-electron chi connectivity index (χ2n) is 8.08. The maximum absolute atomic E-state index is 13.0. The van der Waals surface area contributed by atoms with E-state index in [1.165, 1.54) is 0 Å². The van der Waals surface area contributed by atoms with Crippen LogP contribution in [0, 0.1) is 0 Å². The van der Waals surface area contributed by atoms with E-state index < -0.39 is 5.54 Å². The van der Waals surface area contributed by atoms with Gasteiger partial charge in [-0.15, -0.1) is 0 Å². The molecule has 0 bridgehead atoms. The Morgan fingerprint density at radius 2 is 1.74 bits per heavy atom. The van der Waals surface area contributed by atoms with Gasteiger partial charge in [0.25, 0.3) is 0 Å². The van der Waals surface area contributed by atoms with Crippen molar-refractivity contribution in [3.8, 4) is 11.1 Å². The first-order chi connectivity index (χ1) is 15.0. The highest BCUT2D eigenvalue weighted by Crippen LogP contribution is 2.34. The van der Waals surface area contributed by atoms with Gasteiger partial charge in [0.2, 0.25) is 5.91 Å². The van der Waals surface area contributed by atoms with Crippen LogP contribution in [-0.4, -0.2) is 61.8 Å². The molecule has 0 radical (unpaired) electrons. The van der Waals surface area contributed by atoms with E-state index in [1.807, 2.05) is 41.3 Å². The largest absolute Gasteiger partial charge is 0.464 e. The zero-order valence-electron chi connectivity index (χ0n) is 17.7. The number of fused-ring (bicyclic) bond motifs is 1. The molecule has 6 nitrogen and oxygen atoms in total. The topological polar surface area (TPSA) is 67.9 Å². The number of hydrogen-bond acceptors (Lipinski definition) is 5. The van der Waals surface area contributed by atoms with Crippen LogP contribution in [0.2, 0.25) is 5.02 Å². The minimum Gasteiger partial charge on any atom is -0.464 e. The maximum atomic E-state index is 13.0. The number of hydrogen-bond donors (Lipinski definition) is 1. The molecule has 0 spiro atoms. The molecule has 2 aliphatic rings. The van der Waals surface area contributed by atoms with Gasteiger partial charge in [0.15, 0.2) is 0 Å². The summed E-state index contributed by atoms with van der Waals surface area (Å²) in [7, 11) is 0. The molecule has 2 aromatic rings. The van der Waals surface area contributed by atoms with Crippen molar-refractivity contribution in [1.29, 1.82) is 0 Å². The van der Waals surface area contributed by atoms with Gasteiger partial charge in [-0.25, -0.2) is 4.79 Å². The summed E-state index contributed by atoms with van der Waals surface area (Å²) in [4.78, 5) is 27.8. The minimum absolute atomic E-state index is 0.166. The van der Waals surface area contributed by atoms with Gasteiger partial charge in [-0.2, -0.15) is 0 Å². The molecule has 1 N–H and O–H groups in total. The third-order valence-corrected chi connectivity index (χ3v) is 6.14. The molecule has 4 rings (SSSR count). The fourth-order valence-corrected chi connectivity index (χ4v) is 4.45. The van der Waals surface area contributed by atoms with Gasteiger partial charge in [0.05, 0.1) is 26.4 Å². The molecule has 1 aliphatic heterocycles. The van der Waals surface area contributed by atoms with Gasteiger partial charge < -0.3 is 14.8 Å². The Morgan fingerprint density at radius 3 is 2.45 bits per heavy atom. The van der Waals surface area contributed by atoms with Gasteiger partial charge in [-0.05, 0) is 41.3 Å². The van der Waals surface area contributed by atoms with Gasteiger partial charge in [-0.1, -0.05) is 41.9 Å². The smallest absolute Gasteiger partial charge is 0.332 e. The monoisotopic (exact) mass is 442 g/mol. The first-order valence-electron chi connectivity index (χ1n) is 10.7. The average molecular weight is 443 g/mol. The van der Waals surface area contributed by atoms with E-state index in [9.17, 15) is 9.59 Å². The molecule has 0 saturated carbocycles. The lowest BCUT2D eigenvalue weighted by Crippen LogP contribution is -2.58. The number of nitrogens with zero attached hydrogens (tertiary/aromatic N) is 1. The van der Waals surface area contributed by atoms with Crippen molar-refractivity contribution in [2.24, 2.45) is 0 Å². The highest BCUT2D eigenvalue weighted by Gasteiger charge is 2.46. The van der Waals surface area contributed by atoms with Crippen molar-refractivity contribution in [2.75, 3.05) is 39.5 Å². The summed E-state index contributed by atoms with van der Waals surface area (Å²) in [6.45, 7) is 4.96. The lowest BCUT2D eigenvalue weighted by atomic mass is 9.95. The van der Waals surface area contributed by atoms with Crippen molar-refractivity contribution < 1.29 is 19.1 Å². The van der Waals surface area contributed by atoms with Gasteiger partial charge in [-0.3, -0.25) is 9.69 Å². The lowest BCUT2D eigenvalue weighted by Gasteiger charge is -2.31. The molecule has 2 aromatic carbocycles. The van der Waals surface area contributed by atoms with Gasteiger partial charge >= 0.3 is 5.97 Å². The third kappa shape index (κ3) is 4.92. The van der Waals surface area contributed by atoms with Crippen molar-refractivity contribution >= 4 is 23.5 Å². The molecule has 1 amide bonds. The number of nitrogens with one attached hydrogen (secondary N) is 1. The first-order valence-corrected chi connectivity index (χ1v) is 11.0. The number of morpholine rings is 1. The Balaban J connectivity index is 1.54. The van der Waals surface area contributed by atoms with Crippen molar-refractivity contribution in [3.05, 3.63) is 58.6 Å². The molecular weight excluding hydrogens is 416 g/mol. The first kappa shape index (κ1) is 21.8. The molecular formula is C24H27ClN2O4.